The Morgan fingerprint density at radius 3 is 2.46 bits per heavy atom. The van der Waals surface area contributed by atoms with Crippen LogP contribution in [0.3, 0.4) is 0 Å². The highest BCUT2D eigenvalue weighted by Crippen LogP contribution is 2.45. The third-order valence-corrected chi connectivity index (χ3v) is 9.87. The average Bonchev–Trinajstić information content (AvgIpc) is 2.92. The first-order chi connectivity index (χ1) is 10.9. The lowest BCUT2D eigenvalue weighted by Gasteiger charge is -2.48. The van der Waals surface area contributed by atoms with Crippen molar-refractivity contribution in [3.05, 3.63) is 0 Å². The molecule has 0 aromatic rings. The van der Waals surface area contributed by atoms with Gasteiger partial charge in [0.2, 0.25) is 0 Å². The molecule has 3 fully saturated rings. The minimum atomic E-state index is -2.15. The van der Waals surface area contributed by atoms with E-state index in [-0.39, 0.29) is 23.8 Å². The lowest BCUT2D eigenvalue weighted by atomic mass is 9.97. The summed E-state index contributed by atoms with van der Waals surface area (Å²) < 4.78 is 30.2. The highest BCUT2D eigenvalue weighted by molar-refractivity contribution is 6.74. The molecule has 1 N–H and O–H groups in total. The van der Waals surface area contributed by atoms with Crippen LogP contribution in [0.25, 0.3) is 0 Å². The molecular weight excluding hydrogens is 330 g/mol. The molecule has 0 radical (unpaired) electrons. The van der Waals surface area contributed by atoms with E-state index >= 15 is 0 Å². The molecule has 138 valence electrons. The van der Waals surface area contributed by atoms with Crippen molar-refractivity contribution in [1.29, 1.82) is 0 Å². The Hall–Kier alpha value is -0.673. The van der Waals surface area contributed by atoms with Gasteiger partial charge in [0.05, 0.1) is 13.2 Å². The van der Waals surface area contributed by atoms with E-state index < -0.39 is 32.1 Å². The summed E-state index contributed by atoms with van der Waals surface area (Å²) in [5, 5.41) is 2.69. The van der Waals surface area contributed by atoms with Gasteiger partial charge in [0.1, 0.15) is 18.3 Å². The van der Waals surface area contributed by atoms with E-state index in [0.29, 0.717) is 6.61 Å². The lowest BCUT2D eigenvalue weighted by molar-refractivity contribution is -0.281. The first-order valence-electron chi connectivity index (χ1n) is 8.50. The number of fused-ring (bicyclic) bond motifs is 1. The zero-order chi connectivity index (χ0) is 18.0. The number of rotatable bonds is 2. The van der Waals surface area contributed by atoms with E-state index in [0.717, 1.165) is 0 Å². The molecule has 8 heteroatoms. The second kappa shape index (κ2) is 5.41. The summed E-state index contributed by atoms with van der Waals surface area (Å²) in [5.74, 6) is -1.87. The van der Waals surface area contributed by atoms with Gasteiger partial charge in [0.25, 0.3) is 5.79 Å². The van der Waals surface area contributed by atoms with Crippen molar-refractivity contribution < 1.29 is 28.2 Å². The summed E-state index contributed by atoms with van der Waals surface area (Å²) in [6, 6.07) is 0. The molecule has 3 rings (SSSR count). The summed E-state index contributed by atoms with van der Waals surface area (Å²) in [6.07, 6.45) is -1.59. The van der Waals surface area contributed by atoms with Gasteiger partial charge in [-0.25, -0.2) is 4.79 Å². The van der Waals surface area contributed by atoms with Gasteiger partial charge in [-0.05, 0) is 32.0 Å². The maximum atomic E-state index is 11.7. The predicted octanol–water partition coefficient (Wildman–Crippen LogP) is 2.36. The molecule has 0 unspecified atom stereocenters. The molecule has 0 bridgehead atoms. The molecule has 0 saturated carbocycles. The first kappa shape index (κ1) is 18.1. The molecule has 3 saturated heterocycles. The summed E-state index contributed by atoms with van der Waals surface area (Å²) in [4.78, 5) is 11.7. The molecule has 0 aromatic carbocycles. The van der Waals surface area contributed by atoms with Gasteiger partial charge >= 0.3 is 6.09 Å². The van der Waals surface area contributed by atoms with Gasteiger partial charge in [0, 0.05) is 0 Å². The molecule has 0 aromatic heterocycles. The van der Waals surface area contributed by atoms with Gasteiger partial charge in [-0.2, -0.15) is 0 Å². The number of ether oxygens (including phenoxy) is 4. The van der Waals surface area contributed by atoms with Crippen LogP contribution in [0.2, 0.25) is 18.1 Å². The maximum Gasteiger partial charge on any atom is 0.410 e. The van der Waals surface area contributed by atoms with Gasteiger partial charge in [-0.15, -0.1) is 0 Å². The van der Waals surface area contributed by atoms with Crippen LogP contribution < -0.4 is 5.32 Å². The first-order valence-corrected chi connectivity index (χ1v) is 11.4. The van der Waals surface area contributed by atoms with Crippen LogP contribution in [-0.4, -0.2) is 57.4 Å². The Bertz CT molecular complexity index is 531. The molecular formula is C16H29NO6Si. The second-order valence-electron chi connectivity index (χ2n) is 8.80. The number of alkyl carbamates (subject to hydrolysis) is 1. The van der Waals surface area contributed by atoms with Crippen molar-refractivity contribution in [3.8, 4) is 0 Å². The van der Waals surface area contributed by atoms with Gasteiger partial charge in [0.15, 0.2) is 14.1 Å². The molecule has 4 atom stereocenters. The molecule has 0 aliphatic carbocycles. The minimum absolute atomic E-state index is 0.00611. The Labute approximate surface area is 144 Å². The molecule has 7 nitrogen and oxygen atoms in total. The standard InChI is InChI=1S/C16H29NO6Si/c1-14(2,3)24(6,7)23-12-11-10(20-15(4,5)21-11)8-19-16(12)9-17-13(18)22-16/h10-12H,8-9H2,1-7H3,(H,17,18)/t10-,11-,12+,16+/m1/s1. The van der Waals surface area contributed by atoms with Crippen LogP contribution in [-0.2, 0) is 23.4 Å². The summed E-state index contributed by atoms with van der Waals surface area (Å²) in [7, 11) is -2.15. The highest BCUT2D eigenvalue weighted by Gasteiger charge is 2.63. The largest absolute Gasteiger partial charge is 0.412 e. The van der Waals surface area contributed by atoms with Crippen LogP contribution in [0.15, 0.2) is 0 Å². The summed E-state index contributed by atoms with van der Waals surface area (Å²) >= 11 is 0. The van der Waals surface area contributed by atoms with Gasteiger partial charge < -0.3 is 28.7 Å². The molecule has 3 heterocycles. The normalized spacial score (nSPS) is 38.8. The smallest absolute Gasteiger partial charge is 0.410 e. The second-order valence-corrected chi connectivity index (χ2v) is 13.6. The molecule has 3 aliphatic rings. The lowest BCUT2D eigenvalue weighted by Crippen LogP contribution is -2.65. The van der Waals surface area contributed by atoms with Crippen molar-refractivity contribution in [2.24, 2.45) is 0 Å². The fourth-order valence-corrected chi connectivity index (χ4v) is 4.42. The molecule has 3 aliphatic heterocycles. The summed E-state index contributed by atoms with van der Waals surface area (Å²) in [6.45, 7) is 15.1. The summed E-state index contributed by atoms with van der Waals surface area (Å²) in [5.41, 5.74) is 0. The Balaban J connectivity index is 1.93. The third-order valence-electron chi connectivity index (χ3n) is 5.42. The van der Waals surface area contributed by atoms with E-state index in [1.54, 1.807) is 0 Å². The predicted molar refractivity (Wildman–Crippen MR) is 89.1 cm³/mol. The van der Waals surface area contributed by atoms with E-state index in [4.69, 9.17) is 23.4 Å². The fraction of sp³-hybridized carbons (Fsp3) is 0.938. The molecule has 1 spiro atoms. The van der Waals surface area contributed by atoms with Crippen LogP contribution >= 0.6 is 0 Å². The zero-order valence-corrected chi connectivity index (χ0v) is 16.6. The van der Waals surface area contributed by atoms with Crippen molar-refractivity contribution in [3.63, 3.8) is 0 Å². The third kappa shape index (κ3) is 2.99. The van der Waals surface area contributed by atoms with Crippen molar-refractivity contribution >= 4 is 14.4 Å². The van der Waals surface area contributed by atoms with Crippen molar-refractivity contribution in [2.45, 2.75) is 82.6 Å². The quantitative estimate of drug-likeness (QED) is 0.763. The Morgan fingerprint density at radius 2 is 1.92 bits per heavy atom. The van der Waals surface area contributed by atoms with Gasteiger partial charge in [-0.3, -0.25) is 0 Å². The highest BCUT2D eigenvalue weighted by atomic mass is 28.4. The zero-order valence-electron chi connectivity index (χ0n) is 15.6. The monoisotopic (exact) mass is 359 g/mol. The number of carbonyl (C=O) groups is 1. The van der Waals surface area contributed by atoms with Crippen LogP contribution in [0.5, 0.6) is 0 Å². The Kier molecular flexibility index (Phi) is 4.09. The molecule has 1 amide bonds. The van der Waals surface area contributed by atoms with E-state index in [2.05, 4.69) is 39.2 Å². The van der Waals surface area contributed by atoms with E-state index in [9.17, 15) is 4.79 Å². The number of hydrogen-bond acceptors (Lipinski definition) is 6. The minimum Gasteiger partial charge on any atom is -0.412 e. The number of nitrogens with one attached hydrogen (secondary N) is 1. The number of carbonyl (C=O) groups excluding carboxylic acids is 1. The molecule has 24 heavy (non-hydrogen) atoms. The number of amides is 1. The maximum absolute atomic E-state index is 11.7. The van der Waals surface area contributed by atoms with E-state index in [1.165, 1.54) is 0 Å². The fourth-order valence-electron chi connectivity index (χ4n) is 3.12. The topological polar surface area (TPSA) is 75.3 Å². The average molecular weight is 359 g/mol. The van der Waals surface area contributed by atoms with Gasteiger partial charge in [-0.1, -0.05) is 20.8 Å². The van der Waals surface area contributed by atoms with Crippen LogP contribution in [0.4, 0.5) is 4.79 Å². The Morgan fingerprint density at radius 1 is 1.25 bits per heavy atom. The number of hydrogen-bond donors (Lipinski definition) is 1. The van der Waals surface area contributed by atoms with Crippen LogP contribution in [0.1, 0.15) is 34.6 Å². The van der Waals surface area contributed by atoms with Crippen molar-refractivity contribution in [1.82, 2.24) is 5.32 Å². The SMILES string of the molecule is CC1(C)O[C@@H]2[C@@H](CO[C@]3(CNC(=O)O3)[C@H]2O[Si](C)(C)C(C)(C)C)O1. The van der Waals surface area contributed by atoms with Crippen molar-refractivity contribution in [2.75, 3.05) is 13.2 Å². The van der Waals surface area contributed by atoms with E-state index in [1.807, 2.05) is 13.8 Å². The van der Waals surface area contributed by atoms with Crippen LogP contribution in [0, 0.1) is 0 Å².